The number of nitrogens with zero attached hydrogens (tertiary/aromatic N) is 5. The van der Waals surface area contributed by atoms with Gasteiger partial charge in [0, 0.05) is 45.3 Å². The topological polar surface area (TPSA) is 66.3 Å². The molecule has 0 saturated carbocycles. The van der Waals surface area contributed by atoms with E-state index in [2.05, 4.69) is 20.5 Å². The molecule has 1 unspecified atom stereocenters. The van der Waals surface area contributed by atoms with Gasteiger partial charge in [0.1, 0.15) is 5.69 Å². The normalized spacial score (nSPS) is 20.5. The van der Waals surface area contributed by atoms with Crippen LogP contribution in [0.5, 0.6) is 0 Å². The SMILES string of the molecule is Cl.O=C(c1cn(-c2cccc(Cl)c2F)nn1)N1CCC(N2CCNCC2)C1. The molecule has 1 aromatic carbocycles. The zero-order chi connectivity index (χ0) is 18.1. The molecule has 3 heterocycles. The van der Waals surface area contributed by atoms with Gasteiger partial charge in [-0.25, -0.2) is 9.07 Å². The molecule has 1 aromatic heterocycles. The summed E-state index contributed by atoms with van der Waals surface area (Å²) in [6.07, 6.45) is 2.41. The fraction of sp³-hybridized carbons (Fsp3) is 0.471. The van der Waals surface area contributed by atoms with Crippen LogP contribution in [0.2, 0.25) is 5.02 Å². The molecule has 0 aliphatic carbocycles. The largest absolute Gasteiger partial charge is 0.336 e. The van der Waals surface area contributed by atoms with Crippen molar-refractivity contribution in [3.63, 3.8) is 0 Å². The molecule has 1 N–H and O–H groups in total. The molecule has 2 saturated heterocycles. The minimum atomic E-state index is -0.585. The molecule has 0 radical (unpaired) electrons. The van der Waals surface area contributed by atoms with E-state index in [1.54, 1.807) is 17.0 Å². The average Bonchev–Trinajstić information content (AvgIpc) is 3.34. The van der Waals surface area contributed by atoms with E-state index in [4.69, 9.17) is 11.6 Å². The van der Waals surface area contributed by atoms with Gasteiger partial charge in [-0.15, -0.1) is 17.5 Å². The number of aromatic nitrogens is 3. The molecule has 1 amide bonds. The van der Waals surface area contributed by atoms with Crippen molar-refractivity contribution in [1.29, 1.82) is 0 Å². The number of hydrogen-bond donors (Lipinski definition) is 1. The number of carbonyl (C=O) groups is 1. The summed E-state index contributed by atoms with van der Waals surface area (Å²) in [6, 6.07) is 5.02. The summed E-state index contributed by atoms with van der Waals surface area (Å²) < 4.78 is 15.4. The van der Waals surface area contributed by atoms with Gasteiger partial charge in [-0.2, -0.15) is 0 Å². The van der Waals surface area contributed by atoms with E-state index in [0.717, 1.165) is 32.6 Å². The van der Waals surface area contributed by atoms with Gasteiger partial charge in [-0.05, 0) is 18.6 Å². The fourth-order valence-corrected chi connectivity index (χ4v) is 3.75. The lowest BCUT2D eigenvalue weighted by Gasteiger charge is -2.32. The van der Waals surface area contributed by atoms with Crippen molar-refractivity contribution >= 4 is 29.9 Å². The maximum atomic E-state index is 14.1. The van der Waals surface area contributed by atoms with Gasteiger partial charge < -0.3 is 10.2 Å². The third kappa shape index (κ3) is 4.08. The van der Waals surface area contributed by atoms with Crippen molar-refractivity contribution in [2.75, 3.05) is 39.3 Å². The number of benzene rings is 1. The Morgan fingerprint density at radius 1 is 1.26 bits per heavy atom. The summed E-state index contributed by atoms with van der Waals surface area (Å²) in [4.78, 5) is 17.0. The summed E-state index contributed by atoms with van der Waals surface area (Å²) >= 11 is 5.81. The second kappa shape index (κ2) is 8.52. The van der Waals surface area contributed by atoms with Crippen LogP contribution in [0.15, 0.2) is 24.4 Å². The van der Waals surface area contributed by atoms with Crippen molar-refractivity contribution in [3.8, 4) is 5.69 Å². The maximum Gasteiger partial charge on any atom is 0.276 e. The molecular weight excluding hydrogens is 394 g/mol. The van der Waals surface area contributed by atoms with Crippen LogP contribution in [-0.4, -0.2) is 76.0 Å². The predicted octanol–water partition coefficient (Wildman–Crippen LogP) is 1.60. The molecule has 2 aromatic rings. The first kappa shape index (κ1) is 20.0. The smallest absolute Gasteiger partial charge is 0.276 e. The summed E-state index contributed by atoms with van der Waals surface area (Å²) in [5, 5.41) is 11.2. The first-order valence-corrected chi connectivity index (χ1v) is 9.12. The van der Waals surface area contributed by atoms with Crippen LogP contribution in [0.3, 0.4) is 0 Å². The molecule has 0 spiro atoms. The minimum Gasteiger partial charge on any atom is -0.336 e. The Morgan fingerprint density at radius 2 is 2.04 bits per heavy atom. The highest BCUT2D eigenvalue weighted by molar-refractivity contribution is 6.30. The van der Waals surface area contributed by atoms with Crippen LogP contribution in [-0.2, 0) is 0 Å². The molecule has 1 atom stereocenters. The van der Waals surface area contributed by atoms with Gasteiger partial charge in [0.15, 0.2) is 11.5 Å². The summed E-state index contributed by atoms with van der Waals surface area (Å²) in [7, 11) is 0. The van der Waals surface area contributed by atoms with Crippen LogP contribution in [0.4, 0.5) is 4.39 Å². The number of rotatable bonds is 3. The Labute approximate surface area is 167 Å². The maximum absolute atomic E-state index is 14.1. The fourth-order valence-electron chi connectivity index (χ4n) is 3.58. The van der Waals surface area contributed by atoms with Crippen LogP contribution in [0.1, 0.15) is 16.9 Å². The standard InChI is InChI=1S/C17H20ClFN6O.ClH/c18-13-2-1-3-15(16(13)19)25-11-14(21-22-25)17(26)24-7-4-12(10-24)23-8-5-20-6-9-23;/h1-3,11-12,20H,4-10H2;1H. The molecule has 10 heteroatoms. The molecule has 146 valence electrons. The van der Waals surface area contributed by atoms with E-state index in [1.165, 1.54) is 16.9 Å². The molecule has 0 bridgehead atoms. The van der Waals surface area contributed by atoms with Crippen molar-refractivity contribution < 1.29 is 9.18 Å². The first-order valence-electron chi connectivity index (χ1n) is 8.74. The third-order valence-corrected chi connectivity index (χ3v) is 5.30. The van der Waals surface area contributed by atoms with E-state index in [9.17, 15) is 9.18 Å². The Hall–Kier alpha value is -1.74. The Morgan fingerprint density at radius 3 is 2.81 bits per heavy atom. The lowest BCUT2D eigenvalue weighted by atomic mass is 10.2. The number of nitrogens with one attached hydrogen (secondary N) is 1. The van der Waals surface area contributed by atoms with Crippen molar-refractivity contribution in [3.05, 3.63) is 40.9 Å². The molecular formula is C17H21Cl2FN6O. The molecule has 27 heavy (non-hydrogen) atoms. The van der Waals surface area contributed by atoms with E-state index in [-0.39, 0.29) is 34.7 Å². The zero-order valence-corrected chi connectivity index (χ0v) is 16.2. The van der Waals surface area contributed by atoms with Gasteiger partial charge in [0.25, 0.3) is 5.91 Å². The summed E-state index contributed by atoms with van der Waals surface area (Å²) in [5.74, 6) is -0.755. The van der Waals surface area contributed by atoms with Gasteiger partial charge in [-0.3, -0.25) is 9.69 Å². The summed E-state index contributed by atoms with van der Waals surface area (Å²) in [5.41, 5.74) is 0.384. The number of carbonyl (C=O) groups excluding carboxylic acids is 1. The Balaban J connectivity index is 0.00000210. The third-order valence-electron chi connectivity index (χ3n) is 5.01. The van der Waals surface area contributed by atoms with Crippen LogP contribution in [0, 0.1) is 5.82 Å². The zero-order valence-electron chi connectivity index (χ0n) is 14.6. The molecule has 2 aliphatic rings. The number of amides is 1. The predicted molar refractivity (Wildman–Crippen MR) is 102 cm³/mol. The molecule has 2 aliphatic heterocycles. The molecule has 4 rings (SSSR count). The lowest BCUT2D eigenvalue weighted by Crippen LogP contribution is -2.49. The Bertz CT molecular complexity index is 810. The van der Waals surface area contributed by atoms with Gasteiger partial charge in [-0.1, -0.05) is 22.9 Å². The highest BCUT2D eigenvalue weighted by atomic mass is 35.5. The second-order valence-electron chi connectivity index (χ2n) is 6.60. The monoisotopic (exact) mass is 414 g/mol. The van der Waals surface area contributed by atoms with Crippen LogP contribution >= 0.6 is 24.0 Å². The number of likely N-dealkylation sites (tertiary alicyclic amines) is 1. The second-order valence-corrected chi connectivity index (χ2v) is 7.01. The van der Waals surface area contributed by atoms with E-state index >= 15 is 0 Å². The van der Waals surface area contributed by atoms with Crippen LogP contribution in [0.25, 0.3) is 5.69 Å². The number of halogens is 3. The summed E-state index contributed by atoms with van der Waals surface area (Å²) in [6.45, 7) is 5.39. The quantitative estimate of drug-likeness (QED) is 0.825. The Kier molecular flexibility index (Phi) is 6.31. The van der Waals surface area contributed by atoms with Crippen molar-refractivity contribution in [1.82, 2.24) is 30.1 Å². The molecule has 2 fully saturated rings. The van der Waals surface area contributed by atoms with Gasteiger partial charge in [0.05, 0.1) is 11.2 Å². The lowest BCUT2D eigenvalue weighted by molar-refractivity contribution is 0.0767. The van der Waals surface area contributed by atoms with Crippen molar-refractivity contribution in [2.45, 2.75) is 12.5 Å². The van der Waals surface area contributed by atoms with Gasteiger partial charge in [0.2, 0.25) is 0 Å². The number of piperazine rings is 1. The average molecular weight is 415 g/mol. The van der Waals surface area contributed by atoms with Crippen molar-refractivity contribution in [2.24, 2.45) is 0 Å². The highest BCUT2D eigenvalue weighted by Gasteiger charge is 2.32. The van der Waals surface area contributed by atoms with Gasteiger partial charge >= 0.3 is 0 Å². The van der Waals surface area contributed by atoms with Crippen LogP contribution < -0.4 is 5.32 Å². The van der Waals surface area contributed by atoms with E-state index < -0.39 is 5.82 Å². The van der Waals surface area contributed by atoms with E-state index in [1.807, 2.05) is 0 Å². The minimum absolute atomic E-state index is 0. The first-order chi connectivity index (χ1) is 12.6. The highest BCUT2D eigenvalue weighted by Crippen LogP contribution is 2.22. The van der Waals surface area contributed by atoms with E-state index in [0.29, 0.717) is 19.1 Å². The number of hydrogen-bond acceptors (Lipinski definition) is 5. The molecule has 7 nitrogen and oxygen atoms in total.